The molecule has 4 aromatic heterocycles. The Morgan fingerprint density at radius 2 is 2.11 bits per heavy atom. The second kappa shape index (κ2) is 3.90. The van der Waals surface area contributed by atoms with Gasteiger partial charge in [-0.1, -0.05) is 15.8 Å². The zero-order valence-corrected chi connectivity index (χ0v) is 11.2. The molecule has 4 rings (SSSR count). The summed E-state index contributed by atoms with van der Waals surface area (Å²) in [5, 5.41) is 23.5. The lowest BCUT2D eigenvalue weighted by Gasteiger charge is -1.89. The lowest BCUT2D eigenvalue weighted by Crippen LogP contribution is -1.89. The van der Waals surface area contributed by atoms with Crippen LogP contribution in [0.15, 0.2) is 22.2 Å². The van der Waals surface area contributed by atoms with E-state index in [1.165, 1.54) is 22.9 Å². The van der Waals surface area contributed by atoms with Crippen LogP contribution in [-0.2, 0) is 0 Å². The van der Waals surface area contributed by atoms with Crippen molar-refractivity contribution in [2.75, 3.05) is 0 Å². The van der Waals surface area contributed by atoms with E-state index in [1.54, 1.807) is 15.9 Å². The lowest BCUT2D eigenvalue weighted by atomic mass is 10.3. The van der Waals surface area contributed by atoms with Gasteiger partial charge in [-0.2, -0.15) is 21.0 Å². The number of nitrogens with zero attached hydrogens (tertiary/aromatic N) is 6. The summed E-state index contributed by atoms with van der Waals surface area (Å²) in [7, 11) is 0. The molecule has 4 heterocycles. The van der Waals surface area contributed by atoms with Crippen molar-refractivity contribution in [3.8, 4) is 22.1 Å². The summed E-state index contributed by atoms with van der Waals surface area (Å²) in [5.74, 6) is 0.761. The van der Waals surface area contributed by atoms with E-state index in [0.29, 0.717) is 0 Å². The van der Waals surface area contributed by atoms with Gasteiger partial charge in [-0.3, -0.25) is 0 Å². The number of hydrogen-bond donors (Lipinski definition) is 0. The summed E-state index contributed by atoms with van der Waals surface area (Å²) in [5.41, 5.74) is 1.81. The van der Waals surface area contributed by atoms with Gasteiger partial charge >= 0.3 is 0 Å². The predicted octanol–water partition coefficient (Wildman–Crippen LogP) is 2.43. The second-order valence-corrected chi connectivity index (χ2v) is 5.77. The third kappa shape index (κ3) is 1.48. The molecule has 0 aliphatic carbocycles. The Balaban J connectivity index is 1.92. The normalized spacial score (nSPS) is 11.3. The zero-order chi connectivity index (χ0) is 11.9. The monoisotopic (exact) mass is 292 g/mol. The molecule has 0 radical (unpaired) electrons. The fraction of sp³-hybridized carbons (Fsp3) is 0. The summed E-state index contributed by atoms with van der Waals surface area (Å²) in [4.78, 5) is 0.763. The van der Waals surface area contributed by atoms with Crippen LogP contribution in [0.25, 0.3) is 27.1 Å². The average Bonchev–Trinajstić information content (AvgIpc) is 3.13. The van der Waals surface area contributed by atoms with Crippen LogP contribution in [0.3, 0.4) is 0 Å². The second-order valence-electron chi connectivity index (χ2n) is 3.43. The molecule has 6 nitrogen and oxygen atoms in total. The molecule has 0 aliphatic rings. The summed E-state index contributed by atoms with van der Waals surface area (Å²) in [6.45, 7) is 0. The molecule has 88 valence electrons. The number of hydrogen-bond acceptors (Lipinski definition) is 8. The van der Waals surface area contributed by atoms with Crippen molar-refractivity contribution in [2.24, 2.45) is 0 Å². The summed E-state index contributed by atoms with van der Waals surface area (Å²) in [6.07, 6.45) is 0. The van der Waals surface area contributed by atoms with Gasteiger partial charge in [0, 0.05) is 16.3 Å². The molecule has 0 bridgehead atoms. The Bertz CT molecular complexity index is 782. The summed E-state index contributed by atoms with van der Waals surface area (Å²) < 4.78 is 5.59. The van der Waals surface area contributed by atoms with Crippen molar-refractivity contribution in [3.63, 3.8) is 0 Å². The maximum absolute atomic E-state index is 4.49. The third-order valence-corrected chi connectivity index (χ3v) is 4.46. The molecule has 0 saturated carbocycles. The summed E-state index contributed by atoms with van der Waals surface area (Å²) >= 11 is 4.39. The average molecular weight is 292 g/mol. The molecule has 18 heavy (non-hydrogen) atoms. The van der Waals surface area contributed by atoms with Crippen LogP contribution >= 0.6 is 34.2 Å². The van der Waals surface area contributed by atoms with Gasteiger partial charge in [0.2, 0.25) is 4.96 Å². The minimum absolute atomic E-state index is 0.761. The van der Waals surface area contributed by atoms with E-state index in [0.717, 1.165) is 27.1 Å². The quantitative estimate of drug-likeness (QED) is 0.567. The van der Waals surface area contributed by atoms with Crippen LogP contribution in [-0.4, -0.2) is 29.4 Å². The highest BCUT2D eigenvalue weighted by molar-refractivity contribution is 7.20. The maximum Gasteiger partial charge on any atom is 0.235 e. The van der Waals surface area contributed by atoms with E-state index in [1.807, 2.05) is 22.2 Å². The fourth-order valence-corrected chi connectivity index (χ4v) is 3.49. The van der Waals surface area contributed by atoms with Crippen LogP contribution in [0.2, 0.25) is 0 Å². The largest absolute Gasteiger partial charge is 0.235 e. The first-order valence-electron chi connectivity index (χ1n) is 4.94. The molecule has 0 spiro atoms. The highest BCUT2D eigenvalue weighted by Crippen LogP contribution is 2.27. The molecule has 9 heteroatoms. The molecular formula is C9H4N6S3. The van der Waals surface area contributed by atoms with E-state index < -0.39 is 0 Å². The van der Waals surface area contributed by atoms with E-state index >= 15 is 0 Å². The highest BCUT2D eigenvalue weighted by Gasteiger charge is 2.15. The number of fused-ring (bicyclic) bond motifs is 1. The van der Waals surface area contributed by atoms with Gasteiger partial charge in [-0.15, -0.1) is 15.3 Å². The summed E-state index contributed by atoms with van der Waals surface area (Å²) in [6, 6.07) is 2.00. The Morgan fingerprint density at radius 1 is 1.11 bits per heavy atom. The molecule has 0 aromatic carbocycles. The van der Waals surface area contributed by atoms with Crippen molar-refractivity contribution >= 4 is 39.2 Å². The smallest absolute Gasteiger partial charge is 0.182 e. The van der Waals surface area contributed by atoms with Crippen LogP contribution in [0.1, 0.15) is 0 Å². The Morgan fingerprint density at radius 3 is 2.89 bits per heavy atom. The van der Waals surface area contributed by atoms with Crippen molar-refractivity contribution in [1.82, 2.24) is 29.4 Å². The van der Waals surface area contributed by atoms with E-state index in [2.05, 4.69) is 24.9 Å². The molecule has 0 aliphatic heterocycles. The van der Waals surface area contributed by atoms with E-state index in [9.17, 15) is 0 Å². The van der Waals surface area contributed by atoms with Crippen LogP contribution in [0.4, 0.5) is 0 Å². The standard InChI is InChI=1S/C9H4N6S3/c1-2-16-3-5(1)7-11-12-9-15(7)13-8(18-9)6-4-17-14-10-6/h1-4H. The zero-order valence-electron chi connectivity index (χ0n) is 8.72. The topological polar surface area (TPSA) is 68.9 Å². The van der Waals surface area contributed by atoms with Crippen LogP contribution in [0, 0.1) is 0 Å². The molecule has 0 atom stereocenters. The Labute approximate surface area is 113 Å². The molecule has 4 aromatic rings. The number of rotatable bonds is 2. The van der Waals surface area contributed by atoms with E-state index in [-0.39, 0.29) is 0 Å². The fourth-order valence-electron chi connectivity index (χ4n) is 1.55. The molecule has 0 unspecified atom stereocenters. The predicted molar refractivity (Wildman–Crippen MR) is 70.9 cm³/mol. The van der Waals surface area contributed by atoms with E-state index in [4.69, 9.17) is 0 Å². The van der Waals surface area contributed by atoms with Gasteiger partial charge in [-0.25, -0.2) is 0 Å². The first-order valence-corrected chi connectivity index (χ1v) is 7.53. The van der Waals surface area contributed by atoms with Crippen molar-refractivity contribution < 1.29 is 0 Å². The van der Waals surface area contributed by atoms with Gasteiger partial charge in [-0.05, 0) is 23.0 Å². The molecule has 0 N–H and O–H groups in total. The van der Waals surface area contributed by atoms with Crippen molar-refractivity contribution in [1.29, 1.82) is 0 Å². The van der Waals surface area contributed by atoms with Gasteiger partial charge < -0.3 is 0 Å². The lowest BCUT2D eigenvalue weighted by molar-refractivity contribution is 0.966. The van der Waals surface area contributed by atoms with Gasteiger partial charge in [0.15, 0.2) is 10.8 Å². The number of thiophene rings is 1. The van der Waals surface area contributed by atoms with Crippen molar-refractivity contribution in [2.45, 2.75) is 0 Å². The molecular weight excluding hydrogens is 288 g/mol. The Kier molecular flexibility index (Phi) is 2.22. The Hall–Kier alpha value is -1.71. The maximum atomic E-state index is 4.49. The van der Waals surface area contributed by atoms with Gasteiger partial charge in [0.1, 0.15) is 5.69 Å². The van der Waals surface area contributed by atoms with Gasteiger partial charge in [0.05, 0.1) is 0 Å². The third-order valence-electron chi connectivity index (χ3n) is 2.35. The highest BCUT2D eigenvalue weighted by atomic mass is 32.1. The minimum atomic E-state index is 0.761. The molecule has 0 fully saturated rings. The molecule has 0 saturated heterocycles. The van der Waals surface area contributed by atoms with Crippen LogP contribution < -0.4 is 0 Å². The molecule has 0 amide bonds. The number of aromatic nitrogens is 6. The SMILES string of the molecule is c1cc(-c2nnc3sc(-c4csnn4)nn23)cs1. The first kappa shape index (κ1) is 10.2. The van der Waals surface area contributed by atoms with Crippen LogP contribution in [0.5, 0.6) is 0 Å². The first-order chi connectivity index (χ1) is 8.92. The van der Waals surface area contributed by atoms with Crippen molar-refractivity contribution in [3.05, 3.63) is 22.2 Å². The minimum Gasteiger partial charge on any atom is -0.182 e. The van der Waals surface area contributed by atoms with Gasteiger partial charge in [0.25, 0.3) is 0 Å².